The van der Waals surface area contributed by atoms with Gasteiger partial charge in [0.25, 0.3) is 0 Å². The predicted molar refractivity (Wildman–Crippen MR) is 228 cm³/mol. The van der Waals surface area contributed by atoms with Crippen LogP contribution < -0.4 is 19.6 Å². The molecule has 2 heterocycles. The molecule has 0 aliphatic carbocycles. The summed E-state index contributed by atoms with van der Waals surface area (Å²) in [6, 6.07) is 62.5. The van der Waals surface area contributed by atoms with E-state index < -0.39 is 0 Å². The minimum absolute atomic E-state index is 1.12. The second-order valence-electron chi connectivity index (χ2n) is 14.4. The largest absolute Gasteiger partial charge is 0.299 e. The Kier molecular flexibility index (Phi) is 9.30. The molecule has 4 heteroatoms. The van der Waals surface area contributed by atoms with E-state index in [1.165, 1.54) is 70.9 Å². The van der Waals surface area contributed by atoms with Crippen LogP contribution in [0.5, 0.6) is 0 Å². The third kappa shape index (κ3) is 6.08. The quantitative estimate of drug-likeness (QED) is 0.132. The summed E-state index contributed by atoms with van der Waals surface area (Å²) in [5.41, 5.74) is 16.7. The molecule has 0 bridgehead atoms. The lowest BCUT2D eigenvalue weighted by atomic mass is 10.0. The summed E-state index contributed by atoms with van der Waals surface area (Å²) in [6.07, 6.45) is 7.07. The van der Waals surface area contributed by atoms with Crippen molar-refractivity contribution in [2.24, 2.45) is 0 Å². The molecule has 0 saturated carbocycles. The second kappa shape index (κ2) is 14.8. The summed E-state index contributed by atoms with van der Waals surface area (Å²) in [4.78, 5) is 9.63. The SMILES string of the molecule is CCCCc1ccc(N2c3ccccc3[N+](c3ccc([N+]4c5ccccc5N(c5ccc(CCCC)cc5)c5ccccc54)cc3)c3ccccc32)cc1. The Morgan fingerprint density at radius 1 is 0.352 bits per heavy atom. The van der Waals surface area contributed by atoms with Gasteiger partial charge in [-0.1, -0.05) is 109 Å². The number of anilines is 12. The molecule has 0 spiro atoms. The van der Waals surface area contributed by atoms with Gasteiger partial charge in [-0.3, -0.25) is 9.80 Å². The smallest absolute Gasteiger partial charge is 0.216 e. The Morgan fingerprint density at radius 3 is 0.944 bits per heavy atom. The van der Waals surface area contributed by atoms with E-state index in [9.17, 15) is 0 Å². The molecule has 0 atom stereocenters. The van der Waals surface area contributed by atoms with Crippen LogP contribution in [-0.2, 0) is 12.8 Å². The number of hydrogen-bond donors (Lipinski definition) is 0. The van der Waals surface area contributed by atoms with Gasteiger partial charge in [0.15, 0.2) is 11.4 Å². The average molecular weight is 703 g/mol. The maximum Gasteiger partial charge on any atom is 0.216 e. The van der Waals surface area contributed by atoms with Gasteiger partial charge >= 0.3 is 0 Å². The van der Waals surface area contributed by atoms with Gasteiger partial charge in [-0.15, -0.1) is 0 Å². The summed E-state index contributed by atoms with van der Waals surface area (Å²) < 4.78 is 0. The molecule has 0 N–H and O–H groups in total. The van der Waals surface area contributed by atoms with E-state index in [4.69, 9.17) is 0 Å². The van der Waals surface area contributed by atoms with E-state index in [0.29, 0.717) is 0 Å². The fraction of sp³-hybridized carbons (Fsp3) is 0.160. The summed E-state index contributed by atoms with van der Waals surface area (Å²) >= 11 is 0. The number of benzene rings is 7. The number of aryl methyl sites for hydroxylation is 2. The second-order valence-corrected chi connectivity index (χ2v) is 14.4. The van der Waals surface area contributed by atoms with E-state index in [0.717, 1.165) is 47.0 Å². The van der Waals surface area contributed by atoms with Gasteiger partial charge < -0.3 is 0 Å². The lowest BCUT2D eigenvalue weighted by molar-refractivity contribution is 0.795. The standard InChI is InChI=1S/C50H46N4/c1-3-5-15-37-25-29-39(30-26-37)51-43-17-7-11-21-47(43)53(48-22-12-8-18-44(48)51)41-33-35-42(36-34-41)54-49-23-13-9-19-45(49)52(46-20-10-14-24-50(46)54)40-31-27-38(28-32-40)16-6-4-2/h7-14,17-36H,3-6,15-16H2,1-2H3/q+2. The molecule has 2 radical (unpaired) electrons. The molecule has 9 rings (SSSR count). The Balaban J connectivity index is 1.09. The number of hydrogen-bond acceptors (Lipinski definition) is 4. The molecule has 7 aromatic carbocycles. The molecule has 264 valence electrons. The monoisotopic (exact) mass is 702 g/mol. The van der Waals surface area contributed by atoms with Gasteiger partial charge in [-0.05, 0) is 85.3 Å². The third-order valence-electron chi connectivity index (χ3n) is 10.8. The van der Waals surface area contributed by atoms with Crippen LogP contribution in [0.25, 0.3) is 0 Å². The first-order valence-corrected chi connectivity index (χ1v) is 19.6. The fourth-order valence-corrected chi connectivity index (χ4v) is 8.14. The molecule has 0 aromatic heterocycles. The van der Waals surface area contributed by atoms with Crippen LogP contribution in [0.1, 0.15) is 50.7 Å². The summed E-state index contributed by atoms with van der Waals surface area (Å²) in [7, 11) is 0. The van der Waals surface area contributed by atoms with Crippen molar-refractivity contribution < 1.29 is 0 Å². The normalized spacial score (nSPS) is 13.6. The van der Waals surface area contributed by atoms with Crippen molar-refractivity contribution in [2.75, 3.05) is 9.80 Å². The topological polar surface area (TPSA) is 18.3 Å². The Morgan fingerprint density at radius 2 is 0.648 bits per heavy atom. The Bertz CT molecular complexity index is 2120. The summed E-state index contributed by atoms with van der Waals surface area (Å²) in [5.74, 6) is 0. The van der Waals surface area contributed by atoms with E-state index in [1.807, 2.05) is 0 Å². The van der Waals surface area contributed by atoms with Gasteiger partial charge in [-0.25, -0.2) is 0 Å². The van der Waals surface area contributed by atoms with Crippen LogP contribution in [0.15, 0.2) is 170 Å². The first-order valence-electron chi connectivity index (χ1n) is 19.6. The minimum Gasteiger partial charge on any atom is -0.299 e. The molecule has 0 unspecified atom stereocenters. The molecule has 7 aromatic rings. The van der Waals surface area contributed by atoms with Gasteiger partial charge in [-0.2, -0.15) is 0 Å². The van der Waals surface area contributed by atoms with Crippen LogP contribution >= 0.6 is 0 Å². The van der Waals surface area contributed by atoms with Crippen molar-refractivity contribution in [1.29, 1.82) is 0 Å². The molecular formula is C50H46N4+2. The zero-order chi connectivity index (χ0) is 36.4. The minimum atomic E-state index is 1.12. The van der Waals surface area contributed by atoms with Crippen molar-refractivity contribution in [3.63, 3.8) is 0 Å². The summed E-state index contributed by atoms with van der Waals surface area (Å²) in [5, 5.41) is 0. The zero-order valence-corrected chi connectivity index (χ0v) is 31.2. The zero-order valence-electron chi connectivity index (χ0n) is 31.2. The molecule has 54 heavy (non-hydrogen) atoms. The molecule has 4 nitrogen and oxygen atoms in total. The van der Waals surface area contributed by atoms with Crippen molar-refractivity contribution in [3.05, 3.63) is 181 Å². The number of rotatable bonds is 10. The van der Waals surface area contributed by atoms with Crippen LogP contribution in [-0.4, -0.2) is 0 Å². The highest BCUT2D eigenvalue weighted by Gasteiger charge is 2.42. The van der Waals surface area contributed by atoms with Gasteiger partial charge in [0, 0.05) is 59.9 Å². The van der Waals surface area contributed by atoms with Crippen LogP contribution in [0, 0.1) is 0 Å². The molecule has 0 saturated heterocycles. The maximum atomic E-state index is 2.41. The van der Waals surface area contributed by atoms with Crippen LogP contribution in [0.2, 0.25) is 0 Å². The lowest BCUT2D eigenvalue weighted by Crippen LogP contribution is -2.25. The lowest BCUT2D eigenvalue weighted by Gasteiger charge is -2.33. The highest BCUT2D eigenvalue weighted by molar-refractivity contribution is 5.98. The summed E-state index contributed by atoms with van der Waals surface area (Å²) in [6.45, 7) is 4.51. The molecule has 2 aliphatic rings. The van der Waals surface area contributed by atoms with Gasteiger partial charge in [0.2, 0.25) is 22.7 Å². The molecule has 0 amide bonds. The third-order valence-corrected chi connectivity index (χ3v) is 10.8. The van der Waals surface area contributed by atoms with E-state index in [2.05, 4.69) is 203 Å². The van der Waals surface area contributed by atoms with E-state index in [-0.39, 0.29) is 0 Å². The van der Waals surface area contributed by atoms with Crippen molar-refractivity contribution in [2.45, 2.75) is 52.4 Å². The first kappa shape index (κ1) is 33.9. The number of nitrogens with zero attached hydrogens (tertiary/aromatic N) is 4. The number of para-hydroxylation sites is 8. The molecular weight excluding hydrogens is 657 g/mol. The fourth-order valence-electron chi connectivity index (χ4n) is 8.14. The Hall–Kier alpha value is -5.94. The van der Waals surface area contributed by atoms with Gasteiger partial charge in [0.05, 0.1) is 0 Å². The van der Waals surface area contributed by atoms with Crippen LogP contribution in [0.3, 0.4) is 0 Å². The van der Waals surface area contributed by atoms with E-state index in [1.54, 1.807) is 0 Å². The predicted octanol–water partition coefficient (Wildman–Crippen LogP) is 14.8. The van der Waals surface area contributed by atoms with E-state index >= 15 is 0 Å². The first-order chi connectivity index (χ1) is 26.7. The van der Waals surface area contributed by atoms with Gasteiger partial charge in [0.1, 0.15) is 22.7 Å². The van der Waals surface area contributed by atoms with Crippen molar-refractivity contribution in [3.8, 4) is 0 Å². The molecule has 0 fully saturated rings. The number of fused-ring (bicyclic) bond motifs is 4. The Labute approximate surface area is 320 Å². The maximum absolute atomic E-state index is 2.41. The average Bonchev–Trinajstić information content (AvgIpc) is 3.24. The molecule has 2 aliphatic heterocycles. The van der Waals surface area contributed by atoms with Crippen LogP contribution in [0.4, 0.5) is 68.2 Å². The van der Waals surface area contributed by atoms with Crippen molar-refractivity contribution >= 4 is 68.2 Å². The number of unbranched alkanes of at least 4 members (excludes halogenated alkanes) is 2. The highest BCUT2D eigenvalue weighted by Crippen LogP contribution is 2.56. The highest BCUT2D eigenvalue weighted by atomic mass is 15.3. The van der Waals surface area contributed by atoms with Crippen molar-refractivity contribution in [1.82, 2.24) is 9.80 Å².